The summed E-state index contributed by atoms with van der Waals surface area (Å²) in [5.74, 6) is 0. The summed E-state index contributed by atoms with van der Waals surface area (Å²) in [5.41, 5.74) is 4.89. The van der Waals surface area contributed by atoms with Crippen LogP contribution in [0.3, 0.4) is 0 Å². The molecule has 2 nitrogen and oxygen atoms in total. The fraction of sp³-hybridized carbons (Fsp3) is 0. The summed E-state index contributed by atoms with van der Waals surface area (Å²) in [6, 6.07) is 63.3. The van der Waals surface area contributed by atoms with Crippen LogP contribution in [0, 0.1) is 0 Å². The zero-order valence-corrected chi connectivity index (χ0v) is 28.4. The Labute approximate surface area is 275 Å². The van der Waals surface area contributed by atoms with E-state index in [0.717, 1.165) is 0 Å². The van der Waals surface area contributed by atoms with E-state index in [2.05, 4.69) is 191 Å². The molecule has 7 heteroatoms. The van der Waals surface area contributed by atoms with Crippen molar-refractivity contribution < 1.29 is 15.9 Å². The molecule has 0 saturated carbocycles. The first-order chi connectivity index (χ1) is 21.3. The normalized spacial score (nSPS) is 10.6. The van der Waals surface area contributed by atoms with E-state index >= 15 is 0 Å². The molecular formula is C36H32Cl2N2P2Pd. The number of anilines is 4. The maximum absolute atomic E-state index is 4.81. The van der Waals surface area contributed by atoms with Crippen molar-refractivity contribution in [2.75, 3.05) is 9.34 Å². The van der Waals surface area contributed by atoms with E-state index in [1.54, 1.807) is 0 Å². The molecule has 6 aromatic carbocycles. The van der Waals surface area contributed by atoms with Crippen molar-refractivity contribution in [3.05, 3.63) is 182 Å². The molecule has 2 atom stereocenters. The Morgan fingerprint density at radius 2 is 0.512 bits per heavy atom. The van der Waals surface area contributed by atoms with Gasteiger partial charge in [0.1, 0.15) is 0 Å². The fourth-order valence-electron chi connectivity index (χ4n) is 4.15. The third-order valence-electron chi connectivity index (χ3n) is 6.09. The number of hydrogen-bond acceptors (Lipinski definition) is 2. The molecule has 0 aliphatic rings. The smallest absolute Gasteiger partial charge is 0.0448 e. The maximum atomic E-state index is 4.81. The number of para-hydroxylation sites is 4. The first kappa shape index (κ1) is 32.9. The molecule has 43 heavy (non-hydrogen) atoms. The van der Waals surface area contributed by atoms with Crippen LogP contribution in [0.5, 0.6) is 0 Å². The van der Waals surface area contributed by atoms with Crippen molar-refractivity contribution in [1.29, 1.82) is 0 Å². The predicted molar refractivity (Wildman–Crippen MR) is 191 cm³/mol. The summed E-state index contributed by atoms with van der Waals surface area (Å²) in [4.78, 5) is 0. The molecule has 0 aliphatic heterocycles. The van der Waals surface area contributed by atoms with Crippen molar-refractivity contribution in [3.8, 4) is 0 Å². The van der Waals surface area contributed by atoms with Gasteiger partial charge in [0, 0.05) is 40.2 Å². The maximum Gasteiger partial charge on any atom is 0.0448 e. The Balaban J connectivity index is 0.000000181. The van der Waals surface area contributed by atoms with Crippen LogP contribution >= 0.6 is 36.5 Å². The largest absolute Gasteiger partial charge is 0.318 e. The summed E-state index contributed by atoms with van der Waals surface area (Å²) in [7, 11) is 10.8. The second-order valence-corrected chi connectivity index (χ2v) is 13.9. The van der Waals surface area contributed by atoms with Crippen LogP contribution in [0.1, 0.15) is 0 Å². The topological polar surface area (TPSA) is 6.48 Å². The van der Waals surface area contributed by atoms with E-state index in [4.69, 9.17) is 19.1 Å². The van der Waals surface area contributed by atoms with Gasteiger partial charge in [-0.2, -0.15) is 0 Å². The number of rotatable bonds is 8. The minimum absolute atomic E-state index is 0.106. The van der Waals surface area contributed by atoms with Gasteiger partial charge in [0.25, 0.3) is 0 Å². The molecule has 0 aromatic heterocycles. The summed E-state index contributed by atoms with van der Waals surface area (Å²) < 4.78 is 4.71. The van der Waals surface area contributed by atoms with Crippen LogP contribution < -0.4 is 19.9 Å². The minimum atomic E-state index is -0.106. The average molecular weight is 732 g/mol. The van der Waals surface area contributed by atoms with Gasteiger partial charge in [-0.15, -0.1) is 0 Å². The first-order valence-electron chi connectivity index (χ1n) is 13.5. The van der Waals surface area contributed by atoms with E-state index in [-0.39, 0.29) is 15.9 Å². The van der Waals surface area contributed by atoms with Gasteiger partial charge in [-0.1, -0.05) is 133 Å². The predicted octanol–water partition coefficient (Wildman–Crippen LogP) is 10.9. The van der Waals surface area contributed by atoms with Crippen LogP contribution in [-0.4, -0.2) is 0 Å². The van der Waals surface area contributed by atoms with Crippen molar-refractivity contribution in [2.24, 2.45) is 0 Å². The molecule has 0 saturated heterocycles. The molecule has 0 fully saturated rings. The minimum Gasteiger partial charge on any atom is -0.318 e. The molecule has 0 bridgehead atoms. The second kappa shape index (κ2) is 19.3. The molecule has 0 spiro atoms. The molecule has 6 rings (SSSR count). The molecule has 2 unspecified atom stereocenters. The van der Waals surface area contributed by atoms with Crippen LogP contribution in [0.15, 0.2) is 182 Å². The van der Waals surface area contributed by atoms with Crippen LogP contribution in [0.4, 0.5) is 22.7 Å². The van der Waals surface area contributed by atoms with Crippen molar-refractivity contribution in [2.45, 2.75) is 0 Å². The summed E-state index contributed by atoms with van der Waals surface area (Å²) in [5, 5.41) is 2.67. The molecule has 0 amide bonds. The monoisotopic (exact) mass is 730 g/mol. The van der Waals surface area contributed by atoms with Crippen LogP contribution in [0.2, 0.25) is 0 Å². The Bertz CT molecular complexity index is 1350. The number of hydrogen-bond donors (Lipinski definition) is 0. The van der Waals surface area contributed by atoms with Crippen molar-refractivity contribution in [1.82, 2.24) is 0 Å². The van der Waals surface area contributed by atoms with Gasteiger partial charge in [0.15, 0.2) is 0 Å². The van der Waals surface area contributed by atoms with Gasteiger partial charge in [-0.3, -0.25) is 0 Å². The van der Waals surface area contributed by atoms with E-state index in [1.165, 1.54) is 33.4 Å². The third kappa shape index (κ3) is 11.2. The molecule has 0 N–H and O–H groups in total. The van der Waals surface area contributed by atoms with Gasteiger partial charge >= 0.3 is 35.0 Å². The van der Waals surface area contributed by atoms with Gasteiger partial charge in [0.05, 0.1) is 0 Å². The molecule has 6 aromatic rings. The number of benzene rings is 6. The summed E-state index contributed by atoms with van der Waals surface area (Å²) in [6.07, 6.45) is 0. The van der Waals surface area contributed by atoms with E-state index in [1.807, 2.05) is 0 Å². The van der Waals surface area contributed by atoms with Gasteiger partial charge in [-0.25, -0.2) is 0 Å². The zero-order chi connectivity index (χ0) is 30.0. The first-order valence-corrected chi connectivity index (χ1v) is 19.4. The Morgan fingerprint density at radius 3 is 0.721 bits per heavy atom. The zero-order valence-electron chi connectivity index (χ0n) is 23.3. The molecular weight excluding hydrogens is 700 g/mol. The summed E-state index contributed by atoms with van der Waals surface area (Å²) in [6.45, 7) is 0. The third-order valence-corrected chi connectivity index (χ3v) is 8.75. The Hall–Kier alpha value is -2.98. The van der Waals surface area contributed by atoms with Gasteiger partial charge in [0.2, 0.25) is 0 Å². The molecule has 0 aliphatic carbocycles. The number of nitrogens with zero attached hydrogens (tertiary/aromatic N) is 2. The molecule has 0 heterocycles. The van der Waals surface area contributed by atoms with Gasteiger partial charge in [-0.05, 0) is 59.1 Å². The molecule has 220 valence electrons. The Kier molecular flexibility index (Phi) is 14.8. The molecule has 0 radical (unpaired) electrons. The second-order valence-electron chi connectivity index (χ2n) is 9.01. The van der Waals surface area contributed by atoms with E-state index < -0.39 is 0 Å². The van der Waals surface area contributed by atoms with Gasteiger partial charge < -0.3 is 9.34 Å². The van der Waals surface area contributed by atoms with E-state index in [0.29, 0.717) is 17.5 Å². The quantitative estimate of drug-likeness (QED) is 0.114. The average Bonchev–Trinajstić information content (AvgIpc) is 3.09. The number of halogens is 2. The summed E-state index contributed by atoms with van der Waals surface area (Å²) >= 11 is -0.106. The van der Waals surface area contributed by atoms with E-state index in [9.17, 15) is 0 Å². The van der Waals surface area contributed by atoms with Crippen molar-refractivity contribution >= 4 is 69.9 Å². The standard InChI is InChI=1S/2C18H16NP.2ClH.Pd/c2*1-4-10-16(11-5-1)19(17-12-6-2-7-13-17)20-18-14-8-3-9-15-18;;;/h2*1-15,20H;2*1H;/q;;;;+2/p-2. The van der Waals surface area contributed by atoms with Crippen LogP contribution in [0.25, 0.3) is 0 Å². The SMILES string of the molecule is [Cl][Pd][Cl].c1ccc(PN(c2ccccc2)c2ccccc2)cc1.c1ccc(PN(c2ccccc2)c2ccccc2)cc1. The fourth-order valence-corrected chi connectivity index (χ4v) is 6.46. The van der Waals surface area contributed by atoms with Crippen molar-refractivity contribution in [3.63, 3.8) is 0 Å². The Morgan fingerprint density at radius 1 is 0.326 bits per heavy atom. The van der Waals surface area contributed by atoms with Crippen LogP contribution in [-0.2, 0) is 15.9 Å².